The zero-order chi connectivity index (χ0) is 14.0. The number of ether oxygens (including phenoxy) is 1. The molecule has 0 atom stereocenters. The van der Waals surface area contributed by atoms with E-state index in [1.54, 1.807) is 12.1 Å². The van der Waals surface area contributed by atoms with Crippen molar-refractivity contribution in [1.29, 1.82) is 0 Å². The smallest absolute Gasteiger partial charge is 0.339 e. The average Bonchev–Trinajstić information content (AvgIpc) is 2.68. The van der Waals surface area contributed by atoms with Gasteiger partial charge < -0.3 is 9.84 Å². The number of benzene rings is 1. The zero-order valence-electron chi connectivity index (χ0n) is 11.8. The van der Waals surface area contributed by atoms with Gasteiger partial charge in [0.05, 0.1) is 7.11 Å². The van der Waals surface area contributed by atoms with Gasteiger partial charge in [-0.15, -0.1) is 0 Å². The molecule has 0 radical (unpaired) electrons. The van der Waals surface area contributed by atoms with Crippen molar-refractivity contribution in [2.75, 3.05) is 20.2 Å². The molecule has 2 rings (SSSR count). The van der Waals surface area contributed by atoms with Crippen molar-refractivity contribution < 1.29 is 14.6 Å². The molecule has 19 heavy (non-hydrogen) atoms. The average molecular weight is 263 g/mol. The fourth-order valence-corrected chi connectivity index (χ4v) is 2.64. The molecule has 0 aliphatic carbocycles. The standard InChI is InChI=1S/C15H21NO3/c1-15(2)6-7-16(10-15)9-11-4-5-13(19-3)12(8-11)14(17)18/h4-5,8H,6-7,9-10H2,1-3H3,(H,17,18). The van der Waals surface area contributed by atoms with Crippen molar-refractivity contribution >= 4 is 5.97 Å². The first kappa shape index (κ1) is 13.9. The van der Waals surface area contributed by atoms with Gasteiger partial charge in [0.1, 0.15) is 11.3 Å². The molecule has 1 aromatic carbocycles. The molecule has 0 spiro atoms. The van der Waals surface area contributed by atoms with Crippen molar-refractivity contribution in [3.8, 4) is 5.75 Å². The Morgan fingerprint density at radius 2 is 2.21 bits per heavy atom. The van der Waals surface area contributed by atoms with E-state index in [9.17, 15) is 9.90 Å². The number of carboxylic acid groups (broad SMARTS) is 1. The number of aromatic carboxylic acids is 1. The number of hydrogen-bond donors (Lipinski definition) is 1. The molecule has 4 heteroatoms. The summed E-state index contributed by atoms with van der Waals surface area (Å²) in [5, 5.41) is 9.17. The fourth-order valence-electron chi connectivity index (χ4n) is 2.64. The highest BCUT2D eigenvalue weighted by Crippen LogP contribution is 2.30. The number of carboxylic acids is 1. The molecule has 1 aliphatic rings. The van der Waals surface area contributed by atoms with Crippen LogP contribution in [0, 0.1) is 5.41 Å². The molecule has 4 nitrogen and oxygen atoms in total. The molecule has 104 valence electrons. The molecule has 1 aromatic rings. The summed E-state index contributed by atoms with van der Waals surface area (Å²) in [4.78, 5) is 13.5. The van der Waals surface area contributed by atoms with Gasteiger partial charge in [0.2, 0.25) is 0 Å². The minimum Gasteiger partial charge on any atom is -0.496 e. The molecule has 0 aromatic heterocycles. The van der Waals surface area contributed by atoms with Crippen molar-refractivity contribution in [3.05, 3.63) is 29.3 Å². The van der Waals surface area contributed by atoms with Crippen LogP contribution in [0.2, 0.25) is 0 Å². The number of methoxy groups -OCH3 is 1. The van der Waals surface area contributed by atoms with Crippen LogP contribution < -0.4 is 4.74 Å². The van der Waals surface area contributed by atoms with Gasteiger partial charge in [0.15, 0.2) is 0 Å². The first-order valence-corrected chi connectivity index (χ1v) is 6.54. The monoisotopic (exact) mass is 263 g/mol. The van der Waals surface area contributed by atoms with Crippen LogP contribution >= 0.6 is 0 Å². The summed E-state index contributed by atoms with van der Waals surface area (Å²) < 4.78 is 5.07. The molecule has 0 bridgehead atoms. The Bertz CT molecular complexity index is 482. The lowest BCUT2D eigenvalue weighted by Crippen LogP contribution is -2.23. The van der Waals surface area contributed by atoms with Gasteiger partial charge in [-0.1, -0.05) is 19.9 Å². The lowest BCUT2D eigenvalue weighted by molar-refractivity contribution is 0.0693. The maximum absolute atomic E-state index is 11.2. The van der Waals surface area contributed by atoms with Crippen LogP contribution in [0.1, 0.15) is 36.2 Å². The van der Waals surface area contributed by atoms with Crippen LogP contribution in [-0.4, -0.2) is 36.2 Å². The highest BCUT2D eigenvalue weighted by atomic mass is 16.5. The lowest BCUT2D eigenvalue weighted by Gasteiger charge is -2.20. The fraction of sp³-hybridized carbons (Fsp3) is 0.533. The molecular weight excluding hydrogens is 242 g/mol. The first-order chi connectivity index (χ1) is 8.91. The molecule has 1 saturated heterocycles. The third-order valence-corrected chi connectivity index (χ3v) is 3.66. The Hall–Kier alpha value is -1.55. The Kier molecular flexibility index (Phi) is 3.80. The van der Waals surface area contributed by atoms with Gasteiger partial charge in [-0.3, -0.25) is 4.90 Å². The normalized spacial score (nSPS) is 18.5. The second kappa shape index (κ2) is 5.21. The van der Waals surface area contributed by atoms with E-state index in [-0.39, 0.29) is 5.56 Å². The van der Waals surface area contributed by atoms with Crippen LogP contribution in [0.25, 0.3) is 0 Å². The SMILES string of the molecule is COc1ccc(CN2CCC(C)(C)C2)cc1C(=O)O. The Balaban J connectivity index is 2.13. The number of likely N-dealkylation sites (tertiary alicyclic amines) is 1. The van der Waals surface area contributed by atoms with E-state index in [4.69, 9.17) is 4.74 Å². The second-order valence-electron chi connectivity index (χ2n) is 5.96. The van der Waals surface area contributed by atoms with Crippen molar-refractivity contribution in [1.82, 2.24) is 4.90 Å². The van der Waals surface area contributed by atoms with Gasteiger partial charge in [0.25, 0.3) is 0 Å². The molecule has 1 aliphatic heterocycles. The molecule has 1 N–H and O–H groups in total. The zero-order valence-corrected chi connectivity index (χ0v) is 11.8. The van der Waals surface area contributed by atoms with E-state index in [1.165, 1.54) is 13.5 Å². The summed E-state index contributed by atoms with van der Waals surface area (Å²) in [5.74, 6) is -0.529. The predicted octanol–water partition coefficient (Wildman–Crippen LogP) is 2.63. The summed E-state index contributed by atoms with van der Waals surface area (Å²) in [6.45, 7) is 7.46. The molecule has 1 fully saturated rings. The Labute approximate surface area is 114 Å². The van der Waals surface area contributed by atoms with E-state index in [1.807, 2.05) is 6.07 Å². The summed E-state index contributed by atoms with van der Waals surface area (Å²) in [7, 11) is 1.49. The quantitative estimate of drug-likeness (QED) is 0.907. The molecule has 0 amide bonds. The molecular formula is C15H21NO3. The number of nitrogens with zero attached hydrogens (tertiary/aromatic N) is 1. The maximum Gasteiger partial charge on any atom is 0.339 e. The van der Waals surface area contributed by atoms with Gasteiger partial charge in [-0.2, -0.15) is 0 Å². The van der Waals surface area contributed by atoms with Gasteiger partial charge in [0, 0.05) is 13.1 Å². The Morgan fingerprint density at radius 1 is 1.47 bits per heavy atom. The molecule has 0 unspecified atom stereocenters. The minimum atomic E-state index is -0.944. The van der Waals surface area contributed by atoms with E-state index >= 15 is 0 Å². The van der Waals surface area contributed by atoms with E-state index < -0.39 is 5.97 Å². The third-order valence-electron chi connectivity index (χ3n) is 3.66. The van der Waals surface area contributed by atoms with Gasteiger partial charge >= 0.3 is 5.97 Å². The second-order valence-corrected chi connectivity index (χ2v) is 5.96. The summed E-state index contributed by atoms with van der Waals surface area (Å²) in [5.41, 5.74) is 1.62. The Morgan fingerprint density at radius 3 is 2.74 bits per heavy atom. The topological polar surface area (TPSA) is 49.8 Å². The van der Waals surface area contributed by atoms with Crippen LogP contribution in [0.4, 0.5) is 0 Å². The van der Waals surface area contributed by atoms with Gasteiger partial charge in [-0.25, -0.2) is 4.79 Å². The molecule has 1 heterocycles. The highest BCUT2D eigenvalue weighted by molar-refractivity contribution is 5.91. The third kappa shape index (κ3) is 3.26. The minimum absolute atomic E-state index is 0.235. The number of rotatable bonds is 4. The largest absolute Gasteiger partial charge is 0.496 e. The highest BCUT2D eigenvalue weighted by Gasteiger charge is 2.29. The predicted molar refractivity (Wildman–Crippen MR) is 73.6 cm³/mol. The van der Waals surface area contributed by atoms with Crippen LogP contribution in [-0.2, 0) is 6.54 Å². The number of hydrogen-bond acceptors (Lipinski definition) is 3. The lowest BCUT2D eigenvalue weighted by atomic mass is 9.93. The summed E-state index contributed by atoms with van der Waals surface area (Å²) in [6, 6.07) is 5.39. The first-order valence-electron chi connectivity index (χ1n) is 6.54. The van der Waals surface area contributed by atoms with E-state index in [0.717, 1.165) is 25.2 Å². The van der Waals surface area contributed by atoms with Crippen LogP contribution in [0.5, 0.6) is 5.75 Å². The van der Waals surface area contributed by atoms with Crippen molar-refractivity contribution in [3.63, 3.8) is 0 Å². The van der Waals surface area contributed by atoms with E-state index in [0.29, 0.717) is 11.2 Å². The van der Waals surface area contributed by atoms with Crippen molar-refractivity contribution in [2.45, 2.75) is 26.8 Å². The van der Waals surface area contributed by atoms with Gasteiger partial charge in [-0.05, 0) is 36.1 Å². The van der Waals surface area contributed by atoms with Crippen LogP contribution in [0.3, 0.4) is 0 Å². The molecule has 0 saturated carbocycles. The van der Waals surface area contributed by atoms with Crippen molar-refractivity contribution in [2.24, 2.45) is 5.41 Å². The number of carbonyl (C=O) groups is 1. The summed E-state index contributed by atoms with van der Waals surface area (Å²) in [6.07, 6.45) is 1.19. The maximum atomic E-state index is 11.2. The van der Waals surface area contributed by atoms with Crippen LogP contribution in [0.15, 0.2) is 18.2 Å². The van der Waals surface area contributed by atoms with E-state index in [2.05, 4.69) is 18.7 Å². The summed E-state index contributed by atoms with van der Waals surface area (Å²) >= 11 is 0.